The molecule has 0 saturated carbocycles. The number of unbranched alkanes of at least 4 members (excludes halogenated alkanes) is 4. The van der Waals surface area contributed by atoms with Gasteiger partial charge >= 0.3 is 0 Å². The molecule has 0 aromatic carbocycles. The topological polar surface area (TPSA) is 3.24 Å². The van der Waals surface area contributed by atoms with Crippen LogP contribution in [0.1, 0.15) is 39.0 Å². The number of hydrogen-bond acceptors (Lipinski definition) is 1. The maximum Gasteiger partial charge on any atom is 0.0362 e. The minimum Gasteiger partial charge on any atom is -0.374 e. The van der Waals surface area contributed by atoms with Crippen molar-refractivity contribution < 1.29 is 0 Å². The summed E-state index contributed by atoms with van der Waals surface area (Å²) in [7, 11) is 0. The summed E-state index contributed by atoms with van der Waals surface area (Å²) in [5.74, 6) is 0. The van der Waals surface area contributed by atoms with Crippen LogP contribution < -0.4 is 0 Å². The Balaban J connectivity index is 2.07. The van der Waals surface area contributed by atoms with Crippen molar-refractivity contribution in [2.75, 3.05) is 13.1 Å². The van der Waals surface area contributed by atoms with E-state index in [1.165, 1.54) is 44.2 Å². The molecule has 1 heterocycles. The van der Waals surface area contributed by atoms with E-state index in [9.17, 15) is 0 Å². The molecule has 0 atom stereocenters. The van der Waals surface area contributed by atoms with Gasteiger partial charge in [0.1, 0.15) is 0 Å². The first-order valence-electron chi connectivity index (χ1n) is 6.11. The minimum absolute atomic E-state index is 1.05. The van der Waals surface area contributed by atoms with E-state index in [0.717, 1.165) is 6.54 Å². The Morgan fingerprint density at radius 2 is 2.13 bits per heavy atom. The quantitative estimate of drug-likeness (QED) is 0.570. The number of allylic oxidation sites excluding steroid dienone is 3. The van der Waals surface area contributed by atoms with Crippen LogP contribution in [-0.4, -0.2) is 18.0 Å². The third-order valence-electron chi connectivity index (χ3n) is 2.82. The van der Waals surface area contributed by atoms with Crippen molar-refractivity contribution in [2.45, 2.75) is 39.0 Å². The Hall–Kier alpha value is -0.980. The van der Waals surface area contributed by atoms with E-state index >= 15 is 0 Å². The normalized spacial score (nSPS) is 15.3. The molecule has 0 fully saturated rings. The third kappa shape index (κ3) is 4.87. The molecule has 0 unspecified atom stereocenters. The molecule has 0 radical (unpaired) electrons. The fourth-order valence-electron chi connectivity index (χ4n) is 1.78. The molecular weight excluding hydrogens is 182 g/mol. The molecule has 0 aromatic rings. The van der Waals surface area contributed by atoms with Crippen molar-refractivity contribution in [3.8, 4) is 0 Å². The first-order valence-corrected chi connectivity index (χ1v) is 6.11. The Labute approximate surface area is 94.2 Å². The van der Waals surface area contributed by atoms with Gasteiger partial charge in [0.25, 0.3) is 0 Å². The van der Waals surface area contributed by atoms with Crippen LogP contribution in [0.3, 0.4) is 0 Å². The predicted octanol–water partition coefficient (Wildman–Crippen LogP) is 3.90. The number of rotatable bonds is 7. The smallest absolute Gasteiger partial charge is 0.0362 e. The molecular formula is C14H23N. The third-order valence-corrected chi connectivity index (χ3v) is 2.82. The van der Waals surface area contributed by atoms with Crippen molar-refractivity contribution in [2.24, 2.45) is 0 Å². The van der Waals surface area contributed by atoms with Crippen LogP contribution in [-0.2, 0) is 0 Å². The summed E-state index contributed by atoms with van der Waals surface area (Å²) >= 11 is 0. The van der Waals surface area contributed by atoms with Crippen LogP contribution in [0, 0.1) is 0 Å². The average Bonchev–Trinajstić information content (AvgIpc) is 2.30. The Kier molecular flexibility index (Phi) is 5.91. The van der Waals surface area contributed by atoms with E-state index in [-0.39, 0.29) is 0 Å². The summed E-state index contributed by atoms with van der Waals surface area (Å²) in [6.45, 7) is 8.27. The summed E-state index contributed by atoms with van der Waals surface area (Å²) in [5.41, 5.74) is 1.25. The average molecular weight is 205 g/mol. The molecule has 1 aliphatic heterocycles. The largest absolute Gasteiger partial charge is 0.374 e. The summed E-state index contributed by atoms with van der Waals surface area (Å²) < 4.78 is 0. The van der Waals surface area contributed by atoms with E-state index in [1.54, 1.807) is 0 Å². The van der Waals surface area contributed by atoms with Gasteiger partial charge in [0.15, 0.2) is 0 Å². The van der Waals surface area contributed by atoms with Crippen molar-refractivity contribution in [1.82, 2.24) is 4.90 Å². The SMILES string of the molecule is C=CC1=CCN(CCCCCCC)C=C1. The van der Waals surface area contributed by atoms with Gasteiger partial charge in [-0.05, 0) is 24.3 Å². The van der Waals surface area contributed by atoms with Crippen LogP contribution in [0.2, 0.25) is 0 Å². The second kappa shape index (κ2) is 7.33. The van der Waals surface area contributed by atoms with Crippen molar-refractivity contribution in [3.63, 3.8) is 0 Å². The molecule has 1 aliphatic rings. The standard InChI is InChI=1S/C14H23N/c1-3-5-6-7-8-11-15-12-9-14(4-2)10-13-15/h4,9-10,12H,2-3,5-8,11,13H2,1H3. The van der Waals surface area contributed by atoms with Gasteiger partial charge in [0, 0.05) is 13.1 Å². The number of nitrogens with zero attached hydrogens (tertiary/aromatic N) is 1. The first-order chi connectivity index (χ1) is 7.36. The van der Waals surface area contributed by atoms with E-state index in [0.29, 0.717) is 0 Å². The molecule has 0 aromatic heterocycles. The van der Waals surface area contributed by atoms with Crippen LogP contribution in [0.25, 0.3) is 0 Å². The van der Waals surface area contributed by atoms with E-state index in [2.05, 4.69) is 36.8 Å². The van der Waals surface area contributed by atoms with Crippen LogP contribution in [0.5, 0.6) is 0 Å². The van der Waals surface area contributed by atoms with Gasteiger partial charge in [0.05, 0.1) is 0 Å². The monoisotopic (exact) mass is 205 g/mol. The van der Waals surface area contributed by atoms with E-state index < -0.39 is 0 Å². The highest BCUT2D eigenvalue weighted by atomic mass is 15.1. The Morgan fingerprint density at radius 3 is 2.73 bits per heavy atom. The van der Waals surface area contributed by atoms with Crippen LogP contribution >= 0.6 is 0 Å². The lowest BCUT2D eigenvalue weighted by Gasteiger charge is -2.21. The van der Waals surface area contributed by atoms with Gasteiger partial charge in [-0.15, -0.1) is 0 Å². The summed E-state index contributed by atoms with van der Waals surface area (Å²) in [6.07, 6.45) is 15.3. The Bertz CT molecular complexity index is 238. The van der Waals surface area contributed by atoms with Crippen molar-refractivity contribution in [3.05, 3.63) is 36.6 Å². The second-order valence-corrected chi connectivity index (χ2v) is 4.13. The molecule has 0 N–H and O–H groups in total. The number of hydrogen-bond donors (Lipinski definition) is 0. The maximum absolute atomic E-state index is 3.77. The molecule has 0 saturated heterocycles. The molecule has 0 bridgehead atoms. The zero-order chi connectivity index (χ0) is 10.9. The molecule has 0 aliphatic carbocycles. The first kappa shape index (κ1) is 12.1. The zero-order valence-corrected chi connectivity index (χ0v) is 9.91. The molecule has 0 spiro atoms. The van der Waals surface area contributed by atoms with Gasteiger partial charge in [-0.3, -0.25) is 0 Å². The minimum atomic E-state index is 1.05. The fraction of sp³-hybridized carbons (Fsp3) is 0.571. The fourth-order valence-corrected chi connectivity index (χ4v) is 1.78. The van der Waals surface area contributed by atoms with Gasteiger partial charge in [-0.2, -0.15) is 0 Å². The van der Waals surface area contributed by atoms with Gasteiger partial charge in [-0.1, -0.05) is 51.3 Å². The van der Waals surface area contributed by atoms with Gasteiger partial charge in [0.2, 0.25) is 0 Å². The molecule has 1 heteroatoms. The van der Waals surface area contributed by atoms with Gasteiger partial charge in [-0.25, -0.2) is 0 Å². The maximum atomic E-state index is 3.77. The highest BCUT2D eigenvalue weighted by Crippen LogP contribution is 2.09. The zero-order valence-electron chi connectivity index (χ0n) is 9.91. The predicted molar refractivity (Wildman–Crippen MR) is 67.8 cm³/mol. The highest BCUT2D eigenvalue weighted by molar-refractivity contribution is 5.31. The van der Waals surface area contributed by atoms with Crippen molar-refractivity contribution >= 4 is 0 Å². The summed E-state index contributed by atoms with van der Waals surface area (Å²) in [5, 5.41) is 0. The summed E-state index contributed by atoms with van der Waals surface area (Å²) in [4.78, 5) is 2.37. The van der Waals surface area contributed by atoms with Crippen LogP contribution in [0.15, 0.2) is 36.6 Å². The molecule has 15 heavy (non-hydrogen) atoms. The molecule has 1 nitrogen and oxygen atoms in total. The summed E-state index contributed by atoms with van der Waals surface area (Å²) in [6, 6.07) is 0. The van der Waals surface area contributed by atoms with Crippen LogP contribution in [0.4, 0.5) is 0 Å². The second-order valence-electron chi connectivity index (χ2n) is 4.13. The highest BCUT2D eigenvalue weighted by Gasteiger charge is 2.01. The molecule has 1 rings (SSSR count). The van der Waals surface area contributed by atoms with E-state index in [1.807, 2.05) is 6.08 Å². The lowest BCUT2D eigenvalue weighted by atomic mass is 10.1. The molecule has 0 amide bonds. The lowest BCUT2D eigenvalue weighted by molar-refractivity contribution is 0.392. The van der Waals surface area contributed by atoms with Crippen molar-refractivity contribution in [1.29, 1.82) is 0 Å². The van der Waals surface area contributed by atoms with E-state index in [4.69, 9.17) is 0 Å². The molecule has 84 valence electrons. The lowest BCUT2D eigenvalue weighted by Crippen LogP contribution is -2.20. The Morgan fingerprint density at radius 1 is 1.33 bits per heavy atom. The van der Waals surface area contributed by atoms with Gasteiger partial charge < -0.3 is 4.90 Å².